The van der Waals surface area contributed by atoms with Crippen LogP contribution in [0.4, 0.5) is 0 Å². The lowest BCUT2D eigenvalue weighted by molar-refractivity contribution is 0.00578. The van der Waals surface area contributed by atoms with Gasteiger partial charge in [0.05, 0.1) is 16.8 Å². The van der Waals surface area contributed by atoms with E-state index >= 15 is 0 Å². The summed E-state index contributed by atoms with van der Waals surface area (Å²) in [5.74, 6) is 0. The minimum Gasteiger partial charge on any atom is -0.412 e. The second-order valence-electron chi connectivity index (χ2n) is 14.3. The number of rotatable bonds is 10. The first-order chi connectivity index (χ1) is 18.2. The van der Waals surface area contributed by atoms with Crippen molar-refractivity contribution in [3.63, 3.8) is 0 Å². The third kappa shape index (κ3) is 6.27. The molecule has 0 unspecified atom stereocenters. The molecule has 0 radical (unpaired) electrons. The van der Waals surface area contributed by atoms with E-state index in [1.165, 1.54) is 47.9 Å². The highest BCUT2D eigenvalue weighted by molar-refractivity contribution is 6.69. The minimum atomic E-state index is -1.56. The summed E-state index contributed by atoms with van der Waals surface area (Å²) in [7, 11) is -1.89. The van der Waals surface area contributed by atoms with Gasteiger partial charge < -0.3 is 13.7 Å². The summed E-state index contributed by atoms with van der Waals surface area (Å²) >= 11 is 0. The molecule has 2 aromatic rings. The predicted octanol–water partition coefficient (Wildman–Crippen LogP) is 8.50. The second kappa shape index (κ2) is 11.1. The standard InChI is InChI=1S/C34H53BO3Si/c1-11-34(12-2,29-19-20-30(26(3)25-29)35-36-31(4,5)32(6,7)37-35)28-17-15-27(16-18-28)21-24-33(22-13-14-23-33)38-39(8,9)10/h15-20,25H,11-14,21-24H2,1-10H3. The molecule has 4 rings (SSSR count). The number of hydrogen-bond acceptors (Lipinski definition) is 3. The summed E-state index contributed by atoms with van der Waals surface area (Å²) in [5, 5.41) is 0. The van der Waals surface area contributed by atoms with Crippen LogP contribution < -0.4 is 5.46 Å². The normalized spacial score (nSPS) is 20.5. The fraction of sp³-hybridized carbons (Fsp3) is 0.647. The molecule has 1 aliphatic heterocycles. The molecule has 214 valence electrons. The van der Waals surface area contributed by atoms with Gasteiger partial charge in [0.25, 0.3) is 0 Å². The number of hydrogen-bond donors (Lipinski definition) is 0. The van der Waals surface area contributed by atoms with Crippen LogP contribution in [-0.4, -0.2) is 32.2 Å². The maximum absolute atomic E-state index is 6.78. The van der Waals surface area contributed by atoms with Crippen LogP contribution in [0, 0.1) is 6.92 Å². The van der Waals surface area contributed by atoms with Gasteiger partial charge in [-0.25, -0.2) is 0 Å². The van der Waals surface area contributed by atoms with Gasteiger partial charge in [-0.1, -0.05) is 74.7 Å². The highest BCUT2D eigenvalue weighted by Crippen LogP contribution is 2.42. The van der Waals surface area contributed by atoms with Gasteiger partial charge in [-0.05, 0) is 115 Å². The lowest BCUT2D eigenvalue weighted by atomic mass is 9.68. The molecule has 1 saturated carbocycles. The van der Waals surface area contributed by atoms with Crippen LogP contribution in [0.15, 0.2) is 42.5 Å². The Kier molecular flexibility index (Phi) is 8.71. The summed E-state index contributed by atoms with van der Waals surface area (Å²) in [6.07, 6.45) is 9.44. The first-order valence-electron chi connectivity index (χ1n) is 15.4. The molecule has 1 heterocycles. The van der Waals surface area contributed by atoms with E-state index in [0.717, 1.165) is 31.1 Å². The summed E-state index contributed by atoms with van der Waals surface area (Å²) < 4.78 is 19.5. The highest BCUT2D eigenvalue weighted by Gasteiger charge is 2.52. The molecule has 2 fully saturated rings. The number of benzene rings is 2. The Balaban J connectivity index is 1.54. The van der Waals surface area contributed by atoms with Gasteiger partial charge in [0, 0.05) is 5.41 Å². The molecule has 2 aliphatic rings. The maximum atomic E-state index is 6.78. The molecule has 3 nitrogen and oxygen atoms in total. The van der Waals surface area contributed by atoms with Gasteiger partial charge >= 0.3 is 7.12 Å². The summed E-state index contributed by atoms with van der Waals surface area (Å²) in [4.78, 5) is 0. The Bertz CT molecular complexity index is 1110. The van der Waals surface area contributed by atoms with Crippen molar-refractivity contribution in [2.75, 3.05) is 0 Å². The Morgan fingerprint density at radius 1 is 0.846 bits per heavy atom. The van der Waals surface area contributed by atoms with E-state index < -0.39 is 8.32 Å². The van der Waals surface area contributed by atoms with Gasteiger partial charge in [0.15, 0.2) is 8.32 Å². The Morgan fingerprint density at radius 3 is 1.87 bits per heavy atom. The lowest BCUT2D eigenvalue weighted by Crippen LogP contribution is -2.41. The highest BCUT2D eigenvalue weighted by atomic mass is 28.4. The van der Waals surface area contributed by atoms with Crippen LogP contribution in [0.1, 0.15) is 109 Å². The molecule has 0 amide bonds. The Morgan fingerprint density at radius 2 is 1.38 bits per heavy atom. The zero-order valence-electron chi connectivity index (χ0n) is 26.5. The zero-order valence-corrected chi connectivity index (χ0v) is 27.5. The molecule has 0 bridgehead atoms. The SMILES string of the molecule is CCC(CC)(c1ccc(CCC2(O[Si](C)(C)C)CCCC2)cc1)c1ccc(B2OC(C)(C)C(C)(C)O2)c(C)c1. The van der Waals surface area contributed by atoms with Crippen LogP contribution in [0.2, 0.25) is 19.6 Å². The van der Waals surface area contributed by atoms with Crippen LogP contribution in [0.25, 0.3) is 0 Å². The fourth-order valence-electron chi connectivity index (χ4n) is 6.88. The van der Waals surface area contributed by atoms with Crippen molar-refractivity contribution in [2.45, 2.75) is 142 Å². The van der Waals surface area contributed by atoms with Crippen molar-refractivity contribution in [1.82, 2.24) is 0 Å². The van der Waals surface area contributed by atoms with E-state index in [4.69, 9.17) is 13.7 Å². The molecule has 1 aliphatic carbocycles. The average molecular weight is 549 g/mol. The smallest absolute Gasteiger partial charge is 0.412 e. The van der Waals surface area contributed by atoms with Crippen molar-refractivity contribution >= 4 is 20.9 Å². The zero-order chi connectivity index (χ0) is 28.7. The maximum Gasteiger partial charge on any atom is 0.495 e. The van der Waals surface area contributed by atoms with Crippen LogP contribution in [-0.2, 0) is 25.6 Å². The quantitative estimate of drug-likeness (QED) is 0.279. The largest absolute Gasteiger partial charge is 0.495 e. The molecule has 5 heteroatoms. The van der Waals surface area contributed by atoms with Crippen LogP contribution >= 0.6 is 0 Å². The van der Waals surface area contributed by atoms with E-state index in [0.29, 0.717) is 0 Å². The van der Waals surface area contributed by atoms with Crippen molar-refractivity contribution in [1.29, 1.82) is 0 Å². The topological polar surface area (TPSA) is 27.7 Å². The van der Waals surface area contributed by atoms with Crippen molar-refractivity contribution in [2.24, 2.45) is 0 Å². The summed E-state index contributed by atoms with van der Waals surface area (Å²) in [6, 6.07) is 16.4. The van der Waals surface area contributed by atoms with E-state index in [9.17, 15) is 0 Å². The Hall–Kier alpha value is -1.40. The van der Waals surface area contributed by atoms with Crippen LogP contribution in [0.5, 0.6) is 0 Å². The first kappa shape index (κ1) is 30.6. The van der Waals surface area contributed by atoms with Gasteiger partial charge in [-0.15, -0.1) is 0 Å². The number of aryl methyl sites for hydroxylation is 2. The molecule has 2 aromatic carbocycles. The summed E-state index contributed by atoms with van der Waals surface area (Å²) in [6.45, 7) is 22.3. The second-order valence-corrected chi connectivity index (χ2v) is 18.7. The van der Waals surface area contributed by atoms with E-state index in [1.54, 1.807) is 0 Å². The fourth-order valence-corrected chi connectivity index (χ4v) is 8.48. The average Bonchev–Trinajstić information content (AvgIpc) is 3.39. The molecule has 0 aromatic heterocycles. The molecular formula is C34H53BO3Si. The third-order valence-corrected chi connectivity index (χ3v) is 11.0. The first-order valence-corrected chi connectivity index (χ1v) is 18.8. The molecule has 0 spiro atoms. The minimum absolute atomic E-state index is 0.00856. The summed E-state index contributed by atoms with van der Waals surface area (Å²) in [5.41, 5.74) is 6.02. The Labute approximate surface area is 240 Å². The van der Waals surface area contributed by atoms with Gasteiger partial charge in [0.1, 0.15) is 0 Å². The molecule has 0 atom stereocenters. The van der Waals surface area contributed by atoms with Gasteiger partial charge in [-0.2, -0.15) is 0 Å². The van der Waals surface area contributed by atoms with E-state index in [1.807, 2.05) is 0 Å². The molecule has 39 heavy (non-hydrogen) atoms. The lowest BCUT2D eigenvalue weighted by Gasteiger charge is -2.36. The van der Waals surface area contributed by atoms with Crippen molar-refractivity contribution in [3.8, 4) is 0 Å². The van der Waals surface area contributed by atoms with Crippen LogP contribution in [0.3, 0.4) is 0 Å². The molecule has 0 N–H and O–H groups in total. The van der Waals surface area contributed by atoms with Crippen molar-refractivity contribution < 1.29 is 13.7 Å². The predicted molar refractivity (Wildman–Crippen MR) is 169 cm³/mol. The van der Waals surface area contributed by atoms with Crippen molar-refractivity contribution in [3.05, 3.63) is 64.7 Å². The van der Waals surface area contributed by atoms with Gasteiger partial charge in [0.2, 0.25) is 0 Å². The molecular weight excluding hydrogens is 495 g/mol. The van der Waals surface area contributed by atoms with E-state index in [2.05, 4.69) is 111 Å². The third-order valence-electron chi connectivity index (χ3n) is 9.95. The van der Waals surface area contributed by atoms with Gasteiger partial charge in [-0.3, -0.25) is 0 Å². The monoisotopic (exact) mass is 548 g/mol. The molecule has 1 saturated heterocycles. The van der Waals surface area contributed by atoms with E-state index in [-0.39, 0.29) is 29.3 Å².